The fraction of sp³-hybridized carbons (Fsp3) is 0.364. The zero-order chi connectivity index (χ0) is 14.5. The van der Waals surface area contributed by atoms with E-state index >= 15 is 0 Å². The number of halogens is 4. The van der Waals surface area contributed by atoms with Crippen LogP contribution in [0.2, 0.25) is 0 Å². The van der Waals surface area contributed by atoms with Crippen LogP contribution >= 0.6 is 15.9 Å². The summed E-state index contributed by atoms with van der Waals surface area (Å²) >= 11 is 3.14. The number of ether oxygens (including phenoxy) is 2. The molecule has 0 atom stereocenters. The lowest BCUT2D eigenvalue weighted by Gasteiger charge is -2.11. The molecule has 0 aliphatic heterocycles. The Bertz CT molecular complexity index is 448. The van der Waals surface area contributed by atoms with E-state index in [1.54, 1.807) is 0 Å². The summed E-state index contributed by atoms with van der Waals surface area (Å²) in [4.78, 5) is 10.9. The molecule has 1 aromatic rings. The van der Waals surface area contributed by atoms with Gasteiger partial charge in [0.05, 0.1) is 6.61 Å². The Labute approximate surface area is 115 Å². The van der Waals surface area contributed by atoms with Crippen molar-refractivity contribution < 1.29 is 32.5 Å². The maximum Gasteiger partial charge on any atom is 0.411 e. The highest BCUT2D eigenvalue weighted by Gasteiger charge is 2.27. The molecule has 0 amide bonds. The fourth-order valence-electron chi connectivity index (χ4n) is 1.19. The van der Waals surface area contributed by atoms with Gasteiger partial charge in [0.15, 0.2) is 0 Å². The van der Waals surface area contributed by atoms with E-state index in [4.69, 9.17) is 9.84 Å². The van der Waals surface area contributed by atoms with Gasteiger partial charge in [0, 0.05) is 4.47 Å². The zero-order valence-corrected chi connectivity index (χ0v) is 11.1. The summed E-state index contributed by atoms with van der Waals surface area (Å²) in [7, 11) is 0. The van der Waals surface area contributed by atoms with Crippen molar-refractivity contribution in [3.63, 3.8) is 0 Å². The molecule has 19 heavy (non-hydrogen) atoms. The Morgan fingerprint density at radius 1 is 1.32 bits per heavy atom. The third-order valence-corrected chi connectivity index (χ3v) is 2.42. The lowest BCUT2D eigenvalue weighted by molar-refractivity contribution is -0.175. The third kappa shape index (κ3) is 5.93. The first-order valence-corrected chi connectivity index (χ1v) is 5.89. The Hall–Kier alpha value is -1.28. The third-order valence-electron chi connectivity index (χ3n) is 1.93. The predicted octanol–water partition coefficient (Wildman–Crippen LogP) is 3.11. The topological polar surface area (TPSA) is 55.8 Å². The van der Waals surface area contributed by atoms with Crippen LogP contribution in [0.15, 0.2) is 22.7 Å². The van der Waals surface area contributed by atoms with Crippen LogP contribution in [-0.4, -0.2) is 37.1 Å². The molecule has 0 aliphatic rings. The molecular weight excluding hydrogens is 333 g/mol. The van der Waals surface area contributed by atoms with E-state index in [0.717, 1.165) is 0 Å². The van der Waals surface area contributed by atoms with Crippen molar-refractivity contribution in [2.45, 2.75) is 6.18 Å². The molecule has 0 heterocycles. The second-order valence-corrected chi connectivity index (χ2v) is 4.38. The van der Waals surface area contributed by atoms with Crippen LogP contribution in [0.3, 0.4) is 0 Å². The van der Waals surface area contributed by atoms with E-state index in [-0.39, 0.29) is 24.5 Å². The number of hydrogen-bond donors (Lipinski definition) is 1. The summed E-state index contributed by atoms with van der Waals surface area (Å²) in [5, 5.41) is 8.89. The lowest BCUT2D eigenvalue weighted by atomic mass is 10.2. The van der Waals surface area contributed by atoms with Crippen molar-refractivity contribution in [2.75, 3.05) is 19.8 Å². The molecule has 0 fully saturated rings. The smallest absolute Gasteiger partial charge is 0.411 e. The van der Waals surface area contributed by atoms with Crippen molar-refractivity contribution in [1.82, 2.24) is 0 Å². The first-order chi connectivity index (χ1) is 8.79. The molecule has 8 heteroatoms. The molecule has 0 bridgehead atoms. The van der Waals surface area contributed by atoms with Crippen molar-refractivity contribution >= 4 is 21.9 Å². The van der Waals surface area contributed by atoms with Gasteiger partial charge in [-0.05, 0) is 18.2 Å². The number of carbonyl (C=O) groups is 1. The van der Waals surface area contributed by atoms with Crippen molar-refractivity contribution in [3.05, 3.63) is 28.2 Å². The van der Waals surface area contributed by atoms with Gasteiger partial charge in [0.1, 0.15) is 24.5 Å². The number of benzene rings is 1. The molecular formula is C11H10BrF3O4. The molecule has 0 unspecified atom stereocenters. The number of hydrogen-bond acceptors (Lipinski definition) is 3. The first-order valence-electron chi connectivity index (χ1n) is 5.10. The summed E-state index contributed by atoms with van der Waals surface area (Å²) < 4.78 is 45.4. The minimum absolute atomic E-state index is 0.0671. The van der Waals surface area contributed by atoms with E-state index < -0.39 is 18.8 Å². The number of aromatic carboxylic acids is 1. The Morgan fingerprint density at radius 2 is 2.00 bits per heavy atom. The minimum Gasteiger partial charge on any atom is -0.490 e. The Morgan fingerprint density at radius 3 is 2.58 bits per heavy atom. The molecule has 0 aromatic heterocycles. The van der Waals surface area contributed by atoms with Crippen molar-refractivity contribution in [3.8, 4) is 5.75 Å². The Kier molecular flexibility index (Phi) is 5.61. The summed E-state index contributed by atoms with van der Waals surface area (Å²) in [6, 6.07) is 4.28. The molecule has 1 N–H and O–H groups in total. The summed E-state index contributed by atoms with van der Waals surface area (Å²) in [5.41, 5.74) is -0.0704. The summed E-state index contributed by atoms with van der Waals surface area (Å²) in [6.45, 7) is -1.82. The summed E-state index contributed by atoms with van der Waals surface area (Å²) in [6.07, 6.45) is -4.39. The van der Waals surface area contributed by atoms with Gasteiger partial charge in [-0.1, -0.05) is 15.9 Å². The highest BCUT2D eigenvalue weighted by molar-refractivity contribution is 9.10. The molecule has 0 aliphatic carbocycles. The quantitative estimate of drug-likeness (QED) is 0.807. The molecule has 1 aromatic carbocycles. The minimum atomic E-state index is -4.39. The van der Waals surface area contributed by atoms with Crippen LogP contribution in [0.4, 0.5) is 13.2 Å². The maximum absolute atomic E-state index is 11.8. The SMILES string of the molecule is O=C(O)c1ccc(Br)cc1OCCOCC(F)(F)F. The average Bonchev–Trinajstić information content (AvgIpc) is 2.26. The number of rotatable bonds is 6. The number of alkyl halides is 3. The second kappa shape index (κ2) is 6.76. The Balaban J connectivity index is 2.49. The van der Waals surface area contributed by atoms with Crippen molar-refractivity contribution in [1.29, 1.82) is 0 Å². The maximum atomic E-state index is 11.8. The standard InChI is InChI=1S/C11H10BrF3O4/c12-7-1-2-8(10(16)17)9(5-7)19-4-3-18-6-11(13,14)15/h1-2,5H,3-4,6H2,(H,16,17). The average molecular weight is 343 g/mol. The van der Waals surface area contributed by atoms with Crippen molar-refractivity contribution in [2.24, 2.45) is 0 Å². The highest BCUT2D eigenvalue weighted by atomic mass is 79.9. The second-order valence-electron chi connectivity index (χ2n) is 3.46. The van der Waals surface area contributed by atoms with E-state index in [1.807, 2.05) is 0 Å². The predicted molar refractivity (Wildman–Crippen MR) is 63.5 cm³/mol. The van der Waals surface area contributed by atoms with E-state index in [0.29, 0.717) is 4.47 Å². The van der Waals surface area contributed by atoms with Crippen LogP contribution in [-0.2, 0) is 4.74 Å². The van der Waals surface area contributed by atoms with E-state index in [1.165, 1.54) is 18.2 Å². The van der Waals surface area contributed by atoms with Gasteiger partial charge in [0.25, 0.3) is 0 Å². The first kappa shape index (κ1) is 15.8. The molecule has 0 saturated heterocycles. The molecule has 0 spiro atoms. The van der Waals surface area contributed by atoms with Gasteiger partial charge in [-0.2, -0.15) is 13.2 Å². The zero-order valence-electron chi connectivity index (χ0n) is 9.54. The van der Waals surface area contributed by atoms with Gasteiger partial charge in [-0.15, -0.1) is 0 Å². The van der Waals surface area contributed by atoms with E-state index in [2.05, 4.69) is 20.7 Å². The van der Waals surface area contributed by atoms with Crippen LogP contribution in [0.1, 0.15) is 10.4 Å². The van der Waals surface area contributed by atoms with Gasteiger partial charge in [-0.25, -0.2) is 4.79 Å². The lowest BCUT2D eigenvalue weighted by Crippen LogP contribution is -2.19. The highest BCUT2D eigenvalue weighted by Crippen LogP contribution is 2.23. The van der Waals surface area contributed by atoms with Gasteiger partial charge >= 0.3 is 12.1 Å². The van der Waals surface area contributed by atoms with E-state index in [9.17, 15) is 18.0 Å². The largest absolute Gasteiger partial charge is 0.490 e. The molecule has 0 radical (unpaired) electrons. The number of carboxylic acid groups (broad SMARTS) is 1. The fourth-order valence-corrected chi connectivity index (χ4v) is 1.53. The van der Waals surface area contributed by atoms with Crippen LogP contribution < -0.4 is 4.74 Å². The molecule has 0 saturated carbocycles. The van der Waals surface area contributed by atoms with Crippen LogP contribution in [0.5, 0.6) is 5.75 Å². The van der Waals surface area contributed by atoms with Gasteiger partial charge in [-0.3, -0.25) is 0 Å². The monoisotopic (exact) mass is 342 g/mol. The van der Waals surface area contributed by atoms with Gasteiger partial charge in [0.2, 0.25) is 0 Å². The summed E-state index contributed by atoms with van der Waals surface area (Å²) in [5.74, 6) is -1.11. The van der Waals surface area contributed by atoms with Crippen LogP contribution in [0.25, 0.3) is 0 Å². The number of carboxylic acids is 1. The van der Waals surface area contributed by atoms with Gasteiger partial charge < -0.3 is 14.6 Å². The molecule has 4 nitrogen and oxygen atoms in total. The molecule has 106 valence electrons. The normalized spacial score (nSPS) is 11.4. The molecule has 1 rings (SSSR count). The van der Waals surface area contributed by atoms with Crippen LogP contribution in [0, 0.1) is 0 Å².